The van der Waals surface area contributed by atoms with E-state index in [4.69, 9.17) is 4.52 Å². The molecule has 4 fully saturated rings. The predicted octanol–water partition coefficient (Wildman–Crippen LogP) is 6.19. The zero-order valence-corrected chi connectivity index (χ0v) is 15.5. The Hall–Kier alpha value is -0.790. The zero-order valence-electron chi connectivity index (χ0n) is 15.5. The fourth-order valence-corrected chi connectivity index (χ4v) is 8.21. The summed E-state index contributed by atoms with van der Waals surface area (Å²) in [6, 6.07) is 2.16. The average molecular weight is 328 g/mol. The lowest BCUT2D eigenvalue weighted by molar-refractivity contribution is -0.115. The quantitative estimate of drug-likeness (QED) is 0.614. The van der Waals surface area contributed by atoms with E-state index in [1.54, 1.807) is 6.26 Å². The Balaban J connectivity index is 1.53. The molecule has 4 saturated carbocycles. The highest BCUT2D eigenvalue weighted by molar-refractivity contribution is 5.17. The SMILES string of the molecule is C[C@@]12CCC[C@H]1[C@@H]1CCC3CCCC(c4ccon4)[C@]3(C)[C@H]1CC2. The summed E-state index contributed by atoms with van der Waals surface area (Å²) < 4.78 is 5.26. The van der Waals surface area contributed by atoms with Gasteiger partial charge in [0.1, 0.15) is 6.26 Å². The van der Waals surface area contributed by atoms with Crippen LogP contribution in [-0.4, -0.2) is 5.16 Å². The number of aromatic nitrogens is 1. The van der Waals surface area contributed by atoms with Gasteiger partial charge < -0.3 is 4.52 Å². The van der Waals surface area contributed by atoms with Crippen molar-refractivity contribution in [3.63, 3.8) is 0 Å². The third-order valence-electron chi connectivity index (χ3n) is 9.36. The van der Waals surface area contributed by atoms with Crippen LogP contribution in [0.25, 0.3) is 0 Å². The molecule has 0 radical (unpaired) electrons. The minimum atomic E-state index is 0.460. The summed E-state index contributed by atoms with van der Waals surface area (Å²) >= 11 is 0. The minimum absolute atomic E-state index is 0.460. The van der Waals surface area contributed by atoms with Gasteiger partial charge in [-0.3, -0.25) is 0 Å². The van der Waals surface area contributed by atoms with Crippen LogP contribution in [0.3, 0.4) is 0 Å². The van der Waals surface area contributed by atoms with Crippen LogP contribution in [0.2, 0.25) is 0 Å². The van der Waals surface area contributed by atoms with Crippen molar-refractivity contribution in [2.45, 2.75) is 84.0 Å². The lowest BCUT2D eigenvalue weighted by Gasteiger charge is -2.62. The summed E-state index contributed by atoms with van der Waals surface area (Å²) in [5.74, 6) is 4.47. The lowest BCUT2D eigenvalue weighted by Crippen LogP contribution is -2.54. The molecule has 24 heavy (non-hydrogen) atoms. The van der Waals surface area contributed by atoms with Crippen LogP contribution in [-0.2, 0) is 0 Å². The van der Waals surface area contributed by atoms with Gasteiger partial charge in [-0.15, -0.1) is 0 Å². The van der Waals surface area contributed by atoms with Crippen molar-refractivity contribution < 1.29 is 4.52 Å². The molecule has 0 saturated heterocycles. The van der Waals surface area contributed by atoms with Crippen molar-refractivity contribution in [2.75, 3.05) is 0 Å². The Bertz CT molecular complexity index is 595. The first-order chi connectivity index (χ1) is 11.6. The van der Waals surface area contributed by atoms with Gasteiger partial charge in [-0.05, 0) is 85.9 Å². The maximum atomic E-state index is 5.26. The molecule has 0 spiro atoms. The largest absolute Gasteiger partial charge is 0.365 e. The molecule has 2 heteroatoms. The van der Waals surface area contributed by atoms with E-state index in [9.17, 15) is 0 Å². The fraction of sp³-hybridized carbons (Fsp3) is 0.864. The van der Waals surface area contributed by atoms with Crippen LogP contribution < -0.4 is 0 Å². The molecule has 4 aliphatic carbocycles. The van der Waals surface area contributed by atoms with Gasteiger partial charge in [-0.1, -0.05) is 31.8 Å². The number of hydrogen-bond donors (Lipinski definition) is 0. The highest BCUT2D eigenvalue weighted by atomic mass is 16.5. The second kappa shape index (κ2) is 5.35. The van der Waals surface area contributed by atoms with Crippen LogP contribution in [0.1, 0.15) is 89.7 Å². The molecular weight excluding hydrogens is 294 g/mol. The number of hydrogen-bond acceptors (Lipinski definition) is 2. The molecule has 1 heterocycles. The molecule has 1 aromatic rings. The Kier molecular flexibility index (Phi) is 3.45. The fourth-order valence-electron chi connectivity index (χ4n) is 8.21. The molecule has 1 aromatic heterocycles. The monoisotopic (exact) mass is 327 g/mol. The molecule has 2 nitrogen and oxygen atoms in total. The molecule has 132 valence electrons. The molecule has 0 aromatic carbocycles. The first-order valence-corrected chi connectivity index (χ1v) is 10.5. The summed E-state index contributed by atoms with van der Waals surface area (Å²) in [5.41, 5.74) is 2.38. The highest BCUT2D eigenvalue weighted by Gasteiger charge is 2.60. The van der Waals surface area contributed by atoms with Crippen molar-refractivity contribution in [1.29, 1.82) is 0 Å². The predicted molar refractivity (Wildman–Crippen MR) is 95.6 cm³/mol. The van der Waals surface area contributed by atoms with E-state index in [0.717, 1.165) is 23.7 Å². The second-order valence-corrected chi connectivity index (χ2v) is 10.0. The highest BCUT2D eigenvalue weighted by Crippen LogP contribution is 2.68. The smallest absolute Gasteiger partial charge is 0.124 e. The number of fused-ring (bicyclic) bond motifs is 5. The second-order valence-electron chi connectivity index (χ2n) is 10.0. The van der Waals surface area contributed by atoms with Gasteiger partial charge in [0.05, 0.1) is 5.69 Å². The standard InChI is InChI=1S/C22H33NO/c1-21-12-4-7-17(21)16-9-8-15-5-3-6-19(20-11-14-24-23-20)22(15,2)18(16)10-13-21/h11,14-19H,3-10,12-13H2,1-2H3/t15?,16-,17-,18-,19?,21-,22-/m0/s1. The summed E-state index contributed by atoms with van der Waals surface area (Å²) in [6.07, 6.45) is 16.4. The third-order valence-corrected chi connectivity index (χ3v) is 9.36. The topological polar surface area (TPSA) is 26.0 Å². The first-order valence-electron chi connectivity index (χ1n) is 10.5. The maximum Gasteiger partial charge on any atom is 0.124 e. The van der Waals surface area contributed by atoms with E-state index in [0.29, 0.717) is 16.7 Å². The Labute approximate surface area is 146 Å². The summed E-state index contributed by atoms with van der Waals surface area (Å²) in [6.45, 7) is 5.27. The van der Waals surface area contributed by atoms with Crippen LogP contribution in [0.5, 0.6) is 0 Å². The molecule has 0 amide bonds. The number of nitrogens with zero attached hydrogens (tertiary/aromatic N) is 1. The van der Waals surface area contributed by atoms with Crippen molar-refractivity contribution in [1.82, 2.24) is 5.16 Å². The Morgan fingerprint density at radius 3 is 2.71 bits per heavy atom. The molecule has 7 atom stereocenters. The molecule has 0 aliphatic heterocycles. The normalized spacial score (nSPS) is 50.8. The molecule has 0 N–H and O–H groups in total. The van der Waals surface area contributed by atoms with Crippen molar-refractivity contribution >= 4 is 0 Å². The third kappa shape index (κ3) is 1.98. The molecule has 5 rings (SSSR count). The summed E-state index contributed by atoms with van der Waals surface area (Å²) in [7, 11) is 0. The minimum Gasteiger partial charge on any atom is -0.365 e. The Morgan fingerprint density at radius 2 is 1.88 bits per heavy atom. The molecule has 0 bridgehead atoms. The molecule has 4 aliphatic rings. The summed E-state index contributed by atoms with van der Waals surface area (Å²) in [4.78, 5) is 0. The van der Waals surface area contributed by atoms with Gasteiger partial charge in [0.2, 0.25) is 0 Å². The zero-order chi connectivity index (χ0) is 16.4. The van der Waals surface area contributed by atoms with Crippen LogP contribution in [0.4, 0.5) is 0 Å². The van der Waals surface area contributed by atoms with Gasteiger partial charge in [0, 0.05) is 12.0 Å². The van der Waals surface area contributed by atoms with E-state index < -0.39 is 0 Å². The Morgan fingerprint density at radius 1 is 0.958 bits per heavy atom. The van der Waals surface area contributed by atoms with Gasteiger partial charge in [0.15, 0.2) is 0 Å². The van der Waals surface area contributed by atoms with E-state index in [1.165, 1.54) is 69.9 Å². The lowest BCUT2D eigenvalue weighted by atomic mass is 9.43. The van der Waals surface area contributed by atoms with Crippen LogP contribution >= 0.6 is 0 Å². The van der Waals surface area contributed by atoms with Crippen molar-refractivity contribution in [2.24, 2.45) is 34.5 Å². The van der Waals surface area contributed by atoms with Gasteiger partial charge in [-0.2, -0.15) is 0 Å². The van der Waals surface area contributed by atoms with E-state index >= 15 is 0 Å². The molecular formula is C22H33NO. The van der Waals surface area contributed by atoms with Crippen LogP contribution in [0.15, 0.2) is 16.9 Å². The van der Waals surface area contributed by atoms with E-state index in [-0.39, 0.29) is 0 Å². The van der Waals surface area contributed by atoms with Crippen LogP contribution in [0, 0.1) is 34.5 Å². The van der Waals surface area contributed by atoms with Gasteiger partial charge in [0.25, 0.3) is 0 Å². The average Bonchev–Trinajstić information content (AvgIpc) is 3.22. The van der Waals surface area contributed by atoms with E-state index in [1.807, 2.05) is 0 Å². The first kappa shape index (κ1) is 15.5. The van der Waals surface area contributed by atoms with E-state index in [2.05, 4.69) is 25.1 Å². The number of rotatable bonds is 1. The summed E-state index contributed by atoms with van der Waals surface area (Å²) in [5, 5.41) is 4.42. The van der Waals surface area contributed by atoms with Gasteiger partial charge >= 0.3 is 0 Å². The van der Waals surface area contributed by atoms with Gasteiger partial charge in [-0.25, -0.2) is 0 Å². The van der Waals surface area contributed by atoms with Crippen molar-refractivity contribution in [3.8, 4) is 0 Å². The molecule has 2 unspecified atom stereocenters. The maximum absolute atomic E-state index is 5.26. The van der Waals surface area contributed by atoms with Crippen molar-refractivity contribution in [3.05, 3.63) is 18.0 Å².